The molecule has 1 amide bonds. The van der Waals surface area contributed by atoms with Gasteiger partial charge in [0.1, 0.15) is 0 Å². The summed E-state index contributed by atoms with van der Waals surface area (Å²) in [5, 5.41) is 13.5. The van der Waals surface area contributed by atoms with E-state index < -0.39 is 5.60 Å². The van der Waals surface area contributed by atoms with Crippen molar-refractivity contribution >= 4 is 17.7 Å². The van der Waals surface area contributed by atoms with Crippen LogP contribution in [0.1, 0.15) is 51.9 Å². The molecular formula is C14H25NO2S. The Morgan fingerprint density at radius 3 is 2.67 bits per heavy atom. The van der Waals surface area contributed by atoms with Crippen molar-refractivity contribution in [3.63, 3.8) is 0 Å². The molecule has 1 saturated carbocycles. The molecule has 2 aliphatic rings. The molecule has 1 saturated heterocycles. The monoisotopic (exact) mass is 271 g/mol. The number of nitrogens with one attached hydrogen (secondary N) is 1. The minimum absolute atomic E-state index is 0.116. The molecule has 1 aliphatic carbocycles. The molecule has 1 unspecified atom stereocenters. The maximum absolute atomic E-state index is 12.0. The maximum atomic E-state index is 12.0. The van der Waals surface area contributed by atoms with E-state index in [1.54, 1.807) is 11.8 Å². The minimum Gasteiger partial charge on any atom is -0.388 e. The third kappa shape index (κ3) is 3.89. The molecule has 104 valence electrons. The van der Waals surface area contributed by atoms with Crippen molar-refractivity contribution in [2.24, 2.45) is 5.92 Å². The molecule has 1 heterocycles. The summed E-state index contributed by atoms with van der Waals surface area (Å²) in [6, 6.07) is 0. The van der Waals surface area contributed by atoms with Gasteiger partial charge < -0.3 is 10.4 Å². The molecule has 2 rings (SSSR count). The zero-order valence-electron chi connectivity index (χ0n) is 11.3. The van der Waals surface area contributed by atoms with E-state index in [1.165, 1.54) is 6.42 Å². The highest BCUT2D eigenvalue weighted by molar-refractivity contribution is 8.00. The highest BCUT2D eigenvalue weighted by Gasteiger charge is 2.33. The Kier molecular flexibility index (Phi) is 4.96. The number of thioether (sulfide) groups is 1. The Morgan fingerprint density at radius 2 is 2.06 bits per heavy atom. The second kappa shape index (κ2) is 6.29. The van der Waals surface area contributed by atoms with Crippen LogP contribution >= 0.6 is 11.8 Å². The van der Waals surface area contributed by atoms with Crippen molar-refractivity contribution in [3.8, 4) is 0 Å². The molecule has 4 heteroatoms. The lowest BCUT2D eigenvalue weighted by Gasteiger charge is -2.35. The Bertz CT molecular complexity index is 282. The number of carbonyl (C=O) groups excluding carboxylic acids is 1. The lowest BCUT2D eigenvalue weighted by molar-refractivity contribution is -0.122. The van der Waals surface area contributed by atoms with E-state index >= 15 is 0 Å². The van der Waals surface area contributed by atoms with Crippen LogP contribution in [0.3, 0.4) is 0 Å². The van der Waals surface area contributed by atoms with Crippen LogP contribution in [0.25, 0.3) is 0 Å². The Hall–Kier alpha value is -0.220. The normalized spacial score (nSPS) is 37.2. The van der Waals surface area contributed by atoms with Crippen molar-refractivity contribution < 1.29 is 9.90 Å². The summed E-state index contributed by atoms with van der Waals surface area (Å²) in [6.07, 6.45) is 7.18. The molecular weight excluding hydrogens is 246 g/mol. The van der Waals surface area contributed by atoms with Gasteiger partial charge in [-0.2, -0.15) is 0 Å². The SMILES string of the molecule is CC1CCC(O)(CNC(=O)C2CCCCS2)CC1. The smallest absolute Gasteiger partial charge is 0.233 e. The second-order valence-electron chi connectivity index (χ2n) is 5.98. The zero-order valence-corrected chi connectivity index (χ0v) is 12.1. The van der Waals surface area contributed by atoms with Gasteiger partial charge in [-0.1, -0.05) is 13.3 Å². The molecule has 0 aromatic heterocycles. The van der Waals surface area contributed by atoms with E-state index in [1.807, 2.05) is 0 Å². The molecule has 1 aliphatic heterocycles. The second-order valence-corrected chi connectivity index (χ2v) is 7.29. The van der Waals surface area contributed by atoms with Gasteiger partial charge >= 0.3 is 0 Å². The van der Waals surface area contributed by atoms with Crippen molar-refractivity contribution in [1.82, 2.24) is 5.32 Å². The molecule has 0 bridgehead atoms. The molecule has 0 spiro atoms. The first kappa shape index (κ1) is 14.2. The number of hydrogen-bond donors (Lipinski definition) is 2. The fourth-order valence-corrected chi connectivity index (χ4v) is 4.01. The maximum Gasteiger partial charge on any atom is 0.233 e. The van der Waals surface area contributed by atoms with Gasteiger partial charge in [-0.25, -0.2) is 0 Å². The van der Waals surface area contributed by atoms with Gasteiger partial charge in [-0.05, 0) is 50.2 Å². The summed E-state index contributed by atoms with van der Waals surface area (Å²) in [5.74, 6) is 1.95. The summed E-state index contributed by atoms with van der Waals surface area (Å²) >= 11 is 1.76. The van der Waals surface area contributed by atoms with Crippen LogP contribution < -0.4 is 5.32 Å². The van der Waals surface area contributed by atoms with E-state index in [2.05, 4.69) is 12.2 Å². The molecule has 0 radical (unpaired) electrons. The van der Waals surface area contributed by atoms with Gasteiger partial charge in [0, 0.05) is 6.54 Å². The van der Waals surface area contributed by atoms with Crippen LogP contribution in [0, 0.1) is 5.92 Å². The van der Waals surface area contributed by atoms with E-state index in [0.717, 1.165) is 50.2 Å². The lowest BCUT2D eigenvalue weighted by atomic mass is 9.79. The van der Waals surface area contributed by atoms with E-state index in [9.17, 15) is 9.90 Å². The highest BCUT2D eigenvalue weighted by Crippen LogP contribution is 2.31. The van der Waals surface area contributed by atoms with E-state index in [-0.39, 0.29) is 11.2 Å². The van der Waals surface area contributed by atoms with Gasteiger partial charge in [0.2, 0.25) is 5.91 Å². The number of hydrogen-bond acceptors (Lipinski definition) is 3. The number of amides is 1. The van der Waals surface area contributed by atoms with Gasteiger partial charge in [0.05, 0.1) is 10.9 Å². The van der Waals surface area contributed by atoms with Crippen LogP contribution in [0.2, 0.25) is 0 Å². The lowest BCUT2D eigenvalue weighted by Crippen LogP contribution is -2.47. The summed E-state index contributed by atoms with van der Waals surface area (Å²) in [6.45, 7) is 2.67. The standard InChI is InChI=1S/C14H25NO2S/c1-11-5-7-14(17,8-6-11)10-15-13(16)12-4-2-3-9-18-12/h11-12,17H,2-10H2,1H3,(H,15,16). The van der Waals surface area contributed by atoms with Crippen molar-refractivity contribution in [2.75, 3.05) is 12.3 Å². The first-order valence-electron chi connectivity index (χ1n) is 7.21. The average molecular weight is 271 g/mol. The highest BCUT2D eigenvalue weighted by atomic mass is 32.2. The molecule has 0 aromatic rings. The predicted molar refractivity (Wildman–Crippen MR) is 75.7 cm³/mol. The van der Waals surface area contributed by atoms with Gasteiger partial charge in [-0.3, -0.25) is 4.79 Å². The summed E-state index contributed by atoms with van der Waals surface area (Å²) in [4.78, 5) is 12.0. The topological polar surface area (TPSA) is 49.3 Å². The van der Waals surface area contributed by atoms with Crippen molar-refractivity contribution in [1.29, 1.82) is 0 Å². The molecule has 3 nitrogen and oxygen atoms in total. The molecule has 2 fully saturated rings. The van der Waals surface area contributed by atoms with Crippen LogP contribution in [0.15, 0.2) is 0 Å². The number of carbonyl (C=O) groups is 1. The fourth-order valence-electron chi connectivity index (χ4n) is 2.79. The van der Waals surface area contributed by atoms with Crippen LogP contribution in [-0.4, -0.2) is 34.2 Å². The summed E-state index contributed by atoms with van der Waals surface area (Å²) in [5.41, 5.74) is -0.651. The van der Waals surface area contributed by atoms with Crippen LogP contribution in [0.4, 0.5) is 0 Å². The zero-order chi connectivity index (χ0) is 13.0. The quantitative estimate of drug-likeness (QED) is 0.828. The van der Waals surface area contributed by atoms with Crippen molar-refractivity contribution in [3.05, 3.63) is 0 Å². The van der Waals surface area contributed by atoms with Gasteiger partial charge in [-0.15, -0.1) is 11.8 Å². The van der Waals surface area contributed by atoms with Crippen LogP contribution in [-0.2, 0) is 4.79 Å². The molecule has 2 N–H and O–H groups in total. The van der Waals surface area contributed by atoms with Gasteiger partial charge in [0.15, 0.2) is 0 Å². The largest absolute Gasteiger partial charge is 0.388 e. The minimum atomic E-state index is -0.651. The number of rotatable bonds is 3. The fraction of sp³-hybridized carbons (Fsp3) is 0.929. The summed E-state index contributed by atoms with van der Waals surface area (Å²) in [7, 11) is 0. The third-order valence-corrected chi connectivity index (χ3v) is 5.65. The molecule has 0 aromatic carbocycles. The first-order chi connectivity index (χ1) is 8.59. The first-order valence-corrected chi connectivity index (χ1v) is 8.26. The van der Waals surface area contributed by atoms with Crippen molar-refractivity contribution in [2.45, 2.75) is 62.7 Å². The Morgan fingerprint density at radius 1 is 1.33 bits per heavy atom. The molecule has 1 atom stereocenters. The van der Waals surface area contributed by atoms with Crippen LogP contribution in [0.5, 0.6) is 0 Å². The number of aliphatic hydroxyl groups is 1. The van der Waals surface area contributed by atoms with Gasteiger partial charge in [0.25, 0.3) is 0 Å². The predicted octanol–water partition coefficient (Wildman–Crippen LogP) is 2.33. The molecule has 18 heavy (non-hydrogen) atoms. The average Bonchev–Trinajstić information content (AvgIpc) is 2.41. The summed E-state index contributed by atoms with van der Waals surface area (Å²) < 4.78 is 0. The Labute approximate surface area is 114 Å². The Balaban J connectivity index is 1.74. The third-order valence-electron chi connectivity index (χ3n) is 4.27. The van der Waals surface area contributed by atoms with E-state index in [4.69, 9.17) is 0 Å². The van der Waals surface area contributed by atoms with E-state index in [0.29, 0.717) is 6.54 Å².